The Morgan fingerprint density at radius 3 is 2.84 bits per heavy atom. The number of aryl methyl sites for hydroxylation is 2. The maximum atomic E-state index is 4.57. The van der Waals surface area contributed by atoms with Crippen LogP contribution in [0.3, 0.4) is 0 Å². The molecule has 0 aromatic carbocycles. The molecule has 0 aliphatic carbocycles. The summed E-state index contributed by atoms with van der Waals surface area (Å²) in [4.78, 5) is 4.53. The minimum Gasteiger partial charge on any atom is -0.288 e. The molecule has 5 heteroatoms. The average Bonchev–Trinajstić information content (AvgIpc) is 2.84. The number of hydrogen-bond donors (Lipinski definition) is 1. The van der Waals surface area contributed by atoms with Gasteiger partial charge in [-0.2, -0.15) is 10.2 Å². The summed E-state index contributed by atoms with van der Waals surface area (Å²) in [6.45, 7) is 9.06. The molecular weight excluding hydrogens is 238 g/mol. The molecule has 1 N–H and O–H groups in total. The zero-order valence-corrected chi connectivity index (χ0v) is 11.9. The van der Waals surface area contributed by atoms with E-state index in [1.54, 1.807) is 0 Å². The summed E-state index contributed by atoms with van der Waals surface area (Å²) < 4.78 is 0. The van der Waals surface area contributed by atoms with Gasteiger partial charge in [-0.1, -0.05) is 0 Å². The minimum atomic E-state index is 0.450. The zero-order valence-electron chi connectivity index (χ0n) is 11.9. The summed E-state index contributed by atoms with van der Waals surface area (Å²) in [5.74, 6) is 0. The number of aromatic nitrogens is 3. The van der Waals surface area contributed by atoms with Crippen molar-refractivity contribution in [2.75, 3.05) is 0 Å². The molecule has 1 unspecified atom stereocenters. The topological polar surface area (TPSA) is 57.2 Å². The second-order valence-electron chi connectivity index (χ2n) is 5.43. The molecule has 5 nitrogen and oxygen atoms in total. The van der Waals surface area contributed by atoms with Crippen LogP contribution in [0, 0.1) is 13.8 Å². The molecule has 1 aliphatic heterocycles. The van der Waals surface area contributed by atoms with Gasteiger partial charge in [0.2, 0.25) is 0 Å². The van der Waals surface area contributed by atoms with Gasteiger partial charge in [0.15, 0.2) is 0 Å². The molecule has 3 heterocycles. The van der Waals surface area contributed by atoms with E-state index >= 15 is 0 Å². The highest BCUT2D eigenvalue weighted by atomic mass is 15.5. The SMILES string of the molecule is CC1=NN(Cc2n[nH]c3cc(C)nc(C)c23)C(C)C1. The van der Waals surface area contributed by atoms with E-state index in [1.807, 2.05) is 19.9 Å². The van der Waals surface area contributed by atoms with Crippen molar-refractivity contribution in [1.82, 2.24) is 20.2 Å². The maximum absolute atomic E-state index is 4.57. The smallest absolute Gasteiger partial charge is 0.0929 e. The molecule has 0 fully saturated rings. The number of hydrogen-bond acceptors (Lipinski definition) is 4. The van der Waals surface area contributed by atoms with Crippen LogP contribution in [0.2, 0.25) is 0 Å². The van der Waals surface area contributed by atoms with E-state index < -0.39 is 0 Å². The standard InChI is InChI=1S/C14H19N5/c1-8-6-12-14(11(4)15-8)13(17-16-12)7-19-10(3)5-9(2)18-19/h6,10H,5,7H2,1-4H3,(H,16,17). The van der Waals surface area contributed by atoms with Crippen LogP contribution in [0.25, 0.3) is 10.9 Å². The second kappa shape index (κ2) is 4.33. The number of nitrogens with one attached hydrogen (secondary N) is 1. The molecule has 2 aromatic heterocycles. The number of pyridine rings is 1. The van der Waals surface area contributed by atoms with Gasteiger partial charge in [0.05, 0.1) is 17.8 Å². The van der Waals surface area contributed by atoms with Gasteiger partial charge in [-0.3, -0.25) is 15.1 Å². The first kappa shape index (κ1) is 12.1. The second-order valence-corrected chi connectivity index (χ2v) is 5.43. The van der Waals surface area contributed by atoms with Crippen LogP contribution < -0.4 is 0 Å². The van der Waals surface area contributed by atoms with Gasteiger partial charge in [0, 0.05) is 34.9 Å². The summed E-state index contributed by atoms with van der Waals surface area (Å²) in [5.41, 5.74) is 5.34. The van der Waals surface area contributed by atoms with Gasteiger partial charge < -0.3 is 0 Å². The van der Waals surface area contributed by atoms with E-state index in [0.29, 0.717) is 6.04 Å². The van der Waals surface area contributed by atoms with Crippen molar-refractivity contribution in [3.8, 4) is 0 Å². The first-order valence-corrected chi connectivity index (χ1v) is 6.66. The van der Waals surface area contributed by atoms with E-state index in [9.17, 15) is 0 Å². The van der Waals surface area contributed by atoms with Crippen LogP contribution in [0.5, 0.6) is 0 Å². The minimum absolute atomic E-state index is 0.450. The number of fused-ring (bicyclic) bond motifs is 1. The van der Waals surface area contributed by atoms with Crippen molar-refractivity contribution in [2.45, 2.75) is 46.7 Å². The molecular formula is C14H19N5. The lowest BCUT2D eigenvalue weighted by Crippen LogP contribution is -2.23. The summed E-state index contributed by atoms with van der Waals surface area (Å²) in [7, 11) is 0. The molecule has 1 aliphatic rings. The molecule has 19 heavy (non-hydrogen) atoms. The highest BCUT2D eigenvalue weighted by Crippen LogP contribution is 2.24. The Balaban J connectivity index is 1.98. The monoisotopic (exact) mass is 257 g/mol. The number of H-pyrrole nitrogens is 1. The zero-order chi connectivity index (χ0) is 13.6. The van der Waals surface area contributed by atoms with Gasteiger partial charge in [0.25, 0.3) is 0 Å². The van der Waals surface area contributed by atoms with E-state index in [2.05, 4.69) is 39.1 Å². The largest absolute Gasteiger partial charge is 0.288 e. The Bertz CT molecular complexity index is 655. The highest BCUT2D eigenvalue weighted by Gasteiger charge is 2.22. The number of nitrogens with zero attached hydrogens (tertiary/aromatic N) is 4. The predicted octanol–water partition coefficient (Wildman–Crippen LogP) is 2.54. The quantitative estimate of drug-likeness (QED) is 0.899. The average molecular weight is 257 g/mol. The van der Waals surface area contributed by atoms with Crippen molar-refractivity contribution in [1.29, 1.82) is 0 Å². The molecule has 2 aromatic rings. The Morgan fingerprint density at radius 1 is 1.37 bits per heavy atom. The lowest BCUT2D eigenvalue weighted by Gasteiger charge is -2.19. The van der Waals surface area contributed by atoms with E-state index in [-0.39, 0.29) is 0 Å². The van der Waals surface area contributed by atoms with Crippen LogP contribution >= 0.6 is 0 Å². The van der Waals surface area contributed by atoms with Crippen molar-refractivity contribution < 1.29 is 0 Å². The van der Waals surface area contributed by atoms with Crippen LogP contribution in [0.1, 0.15) is 37.4 Å². The summed E-state index contributed by atoms with van der Waals surface area (Å²) >= 11 is 0. The van der Waals surface area contributed by atoms with Crippen LogP contribution in [-0.2, 0) is 6.54 Å². The van der Waals surface area contributed by atoms with Crippen LogP contribution in [0.4, 0.5) is 0 Å². The fourth-order valence-electron chi connectivity index (χ4n) is 2.82. The van der Waals surface area contributed by atoms with Crippen LogP contribution in [0.15, 0.2) is 11.2 Å². The lowest BCUT2D eigenvalue weighted by atomic mass is 10.1. The first-order chi connectivity index (χ1) is 9.04. The van der Waals surface area contributed by atoms with Crippen molar-refractivity contribution in [3.05, 3.63) is 23.1 Å². The van der Waals surface area contributed by atoms with E-state index in [0.717, 1.165) is 41.0 Å². The maximum Gasteiger partial charge on any atom is 0.0929 e. The Morgan fingerprint density at radius 2 is 2.16 bits per heavy atom. The third-order valence-corrected chi connectivity index (χ3v) is 3.64. The first-order valence-electron chi connectivity index (χ1n) is 6.66. The van der Waals surface area contributed by atoms with Gasteiger partial charge in [-0.15, -0.1) is 0 Å². The van der Waals surface area contributed by atoms with E-state index in [1.165, 1.54) is 5.71 Å². The third kappa shape index (κ3) is 2.09. The van der Waals surface area contributed by atoms with Crippen molar-refractivity contribution >= 4 is 16.6 Å². The number of rotatable bonds is 2. The summed E-state index contributed by atoms with van der Waals surface area (Å²) in [5, 5.41) is 15.4. The van der Waals surface area contributed by atoms with E-state index in [4.69, 9.17) is 0 Å². The number of aromatic amines is 1. The molecule has 0 radical (unpaired) electrons. The van der Waals surface area contributed by atoms with Crippen molar-refractivity contribution in [3.63, 3.8) is 0 Å². The molecule has 0 saturated heterocycles. The van der Waals surface area contributed by atoms with Gasteiger partial charge in [-0.05, 0) is 33.8 Å². The molecule has 0 spiro atoms. The summed E-state index contributed by atoms with van der Waals surface area (Å²) in [6.07, 6.45) is 1.04. The van der Waals surface area contributed by atoms with Gasteiger partial charge >= 0.3 is 0 Å². The fraction of sp³-hybridized carbons (Fsp3) is 0.500. The highest BCUT2D eigenvalue weighted by molar-refractivity contribution is 5.84. The summed E-state index contributed by atoms with van der Waals surface area (Å²) in [6, 6.07) is 2.49. The lowest BCUT2D eigenvalue weighted by molar-refractivity contribution is 0.234. The van der Waals surface area contributed by atoms with Crippen molar-refractivity contribution in [2.24, 2.45) is 5.10 Å². The normalized spacial score (nSPS) is 19.3. The predicted molar refractivity (Wildman–Crippen MR) is 76.1 cm³/mol. The molecule has 100 valence electrons. The van der Waals surface area contributed by atoms with Crippen LogP contribution in [-0.4, -0.2) is 31.9 Å². The van der Waals surface area contributed by atoms with Gasteiger partial charge in [-0.25, -0.2) is 0 Å². The molecule has 0 bridgehead atoms. The third-order valence-electron chi connectivity index (χ3n) is 3.64. The Kier molecular flexibility index (Phi) is 2.77. The van der Waals surface area contributed by atoms with Gasteiger partial charge in [0.1, 0.15) is 0 Å². The molecule has 3 rings (SSSR count). The molecule has 0 amide bonds. The molecule has 1 atom stereocenters. The molecule has 0 saturated carbocycles. The Hall–Kier alpha value is -1.91. The Labute approximate surface area is 112 Å². The fourth-order valence-corrected chi connectivity index (χ4v) is 2.82. The number of hydrazone groups is 1.